The molecule has 4 nitrogen and oxygen atoms in total. The number of ether oxygens (including phenoxy) is 2. The van der Waals surface area contributed by atoms with Crippen LogP contribution in [0.25, 0.3) is 0 Å². The highest BCUT2D eigenvalue weighted by molar-refractivity contribution is 5.86. The smallest absolute Gasteiger partial charge is 0.333 e. The Morgan fingerprint density at radius 2 is 2.11 bits per heavy atom. The van der Waals surface area contributed by atoms with Crippen molar-refractivity contribution < 1.29 is 19.4 Å². The van der Waals surface area contributed by atoms with Crippen molar-refractivity contribution in [2.45, 2.75) is 64.9 Å². The van der Waals surface area contributed by atoms with Gasteiger partial charge in [-0.3, -0.25) is 0 Å². The Kier molecular flexibility index (Phi) is 9.02. The largest absolute Gasteiger partial charge is 0.462 e. The minimum Gasteiger partial charge on any atom is -0.462 e. The first-order chi connectivity index (χ1) is 13.0. The van der Waals surface area contributed by atoms with Crippen molar-refractivity contribution in [2.24, 2.45) is 5.92 Å². The van der Waals surface area contributed by atoms with E-state index in [1.165, 1.54) is 36.0 Å². The van der Waals surface area contributed by atoms with Crippen LogP contribution in [0.4, 0.5) is 0 Å². The summed E-state index contributed by atoms with van der Waals surface area (Å²) in [5, 5.41) is 9.16. The summed E-state index contributed by atoms with van der Waals surface area (Å²) in [4.78, 5) is 11.6. The van der Waals surface area contributed by atoms with Crippen LogP contribution >= 0.6 is 0 Å². The van der Waals surface area contributed by atoms with Crippen LogP contribution in [0.15, 0.2) is 30.4 Å². The van der Waals surface area contributed by atoms with Crippen LogP contribution in [0.2, 0.25) is 0 Å². The fourth-order valence-corrected chi connectivity index (χ4v) is 3.67. The summed E-state index contributed by atoms with van der Waals surface area (Å²) in [7, 11) is 0. The van der Waals surface area contributed by atoms with E-state index < -0.39 is 0 Å². The van der Waals surface area contributed by atoms with Crippen LogP contribution in [0, 0.1) is 5.92 Å². The zero-order chi connectivity index (χ0) is 19.6. The molecular weight excluding hydrogens is 340 g/mol. The van der Waals surface area contributed by atoms with Crippen molar-refractivity contribution in [2.75, 3.05) is 19.8 Å². The van der Waals surface area contributed by atoms with Crippen LogP contribution in [-0.2, 0) is 27.1 Å². The number of hydrogen-bond donors (Lipinski definition) is 1. The van der Waals surface area contributed by atoms with E-state index in [4.69, 9.17) is 14.6 Å². The molecule has 1 aromatic carbocycles. The van der Waals surface area contributed by atoms with Crippen molar-refractivity contribution in [3.8, 4) is 0 Å². The molecule has 0 bridgehead atoms. The number of carbonyl (C=O) groups excluding carboxylic acids is 1. The third kappa shape index (κ3) is 6.78. The van der Waals surface area contributed by atoms with Gasteiger partial charge in [0.05, 0.1) is 19.3 Å². The Balaban J connectivity index is 2.04. The Labute approximate surface area is 163 Å². The van der Waals surface area contributed by atoms with Crippen LogP contribution in [0.1, 0.15) is 68.7 Å². The van der Waals surface area contributed by atoms with Gasteiger partial charge in [-0.05, 0) is 61.6 Å². The maximum absolute atomic E-state index is 11.6. The zero-order valence-electron chi connectivity index (χ0n) is 16.8. The molecule has 27 heavy (non-hydrogen) atoms. The number of benzene rings is 1. The molecule has 0 saturated carbocycles. The number of carbonyl (C=O) groups is 1. The van der Waals surface area contributed by atoms with Crippen LogP contribution in [0.5, 0.6) is 0 Å². The lowest BCUT2D eigenvalue weighted by atomic mass is 9.90. The number of aliphatic hydroxyl groups excluding tert-OH is 1. The highest BCUT2D eigenvalue weighted by Gasteiger charge is 2.23. The van der Waals surface area contributed by atoms with Gasteiger partial charge in [0.25, 0.3) is 0 Å². The van der Waals surface area contributed by atoms with Crippen molar-refractivity contribution >= 4 is 5.97 Å². The van der Waals surface area contributed by atoms with Crippen molar-refractivity contribution in [3.63, 3.8) is 0 Å². The van der Waals surface area contributed by atoms with Gasteiger partial charge < -0.3 is 14.6 Å². The third-order valence-corrected chi connectivity index (χ3v) is 5.23. The minimum atomic E-state index is -0.347. The highest BCUT2D eigenvalue weighted by atomic mass is 16.5. The lowest BCUT2D eigenvalue weighted by Gasteiger charge is -2.29. The second-order valence-corrected chi connectivity index (χ2v) is 7.58. The zero-order valence-corrected chi connectivity index (χ0v) is 16.8. The SMILES string of the molecule is C=C(C)C(=O)OCCc1cc(C2CCC(CCC)CO2)ccc1CCCO. The predicted molar refractivity (Wildman–Crippen MR) is 108 cm³/mol. The van der Waals surface area contributed by atoms with Gasteiger partial charge >= 0.3 is 5.97 Å². The fourth-order valence-electron chi connectivity index (χ4n) is 3.67. The van der Waals surface area contributed by atoms with E-state index in [-0.39, 0.29) is 18.7 Å². The molecule has 0 aromatic heterocycles. The molecule has 1 fully saturated rings. The molecule has 1 saturated heterocycles. The Bertz CT molecular complexity index is 615. The fraction of sp³-hybridized carbons (Fsp3) is 0.609. The first-order valence-corrected chi connectivity index (χ1v) is 10.2. The molecule has 150 valence electrons. The molecule has 4 heteroatoms. The molecule has 0 radical (unpaired) electrons. The molecule has 0 aliphatic carbocycles. The molecule has 2 rings (SSSR count). The van der Waals surface area contributed by atoms with Gasteiger partial charge in [-0.25, -0.2) is 4.79 Å². The van der Waals surface area contributed by atoms with Crippen LogP contribution in [0.3, 0.4) is 0 Å². The summed E-state index contributed by atoms with van der Waals surface area (Å²) in [6.07, 6.45) is 7.11. The molecule has 1 aromatic rings. The second-order valence-electron chi connectivity index (χ2n) is 7.58. The number of rotatable bonds is 10. The molecule has 1 aliphatic rings. The monoisotopic (exact) mass is 374 g/mol. The number of aryl methyl sites for hydroxylation is 1. The summed E-state index contributed by atoms with van der Waals surface area (Å²) >= 11 is 0. The van der Waals surface area contributed by atoms with Gasteiger partial charge in [-0.1, -0.05) is 38.1 Å². The molecule has 2 unspecified atom stereocenters. The highest BCUT2D eigenvalue weighted by Crippen LogP contribution is 2.33. The van der Waals surface area contributed by atoms with Crippen LogP contribution < -0.4 is 0 Å². The van der Waals surface area contributed by atoms with E-state index >= 15 is 0 Å². The van der Waals surface area contributed by atoms with E-state index in [9.17, 15) is 4.79 Å². The van der Waals surface area contributed by atoms with Crippen molar-refractivity contribution in [1.82, 2.24) is 0 Å². The lowest BCUT2D eigenvalue weighted by Crippen LogP contribution is -2.21. The van der Waals surface area contributed by atoms with Gasteiger partial charge in [-0.2, -0.15) is 0 Å². The maximum Gasteiger partial charge on any atom is 0.333 e. The van der Waals surface area contributed by atoms with Crippen molar-refractivity contribution in [3.05, 3.63) is 47.0 Å². The number of aliphatic hydroxyl groups is 1. The quantitative estimate of drug-likeness (QED) is 0.482. The minimum absolute atomic E-state index is 0.154. The third-order valence-electron chi connectivity index (χ3n) is 5.23. The number of esters is 1. The summed E-state index contributed by atoms with van der Waals surface area (Å²) < 4.78 is 11.4. The maximum atomic E-state index is 11.6. The average molecular weight is 375 g/mol. The van der Waals surface area contributed by atoms with E-state index in [0.717, 1.165) is 25.9 Å². The second kappa shape index (κ2) is 11.3. The Morgan fingerprint density at radius 3 is 2.74 bits per heavy atom. The van der Waals surface area contributed by atoms with E-state index in [1.807, 2.05) is 0 Å². The summed E-state index contributed by atoms with van der Waals surface area (Å²) in [6.45, 7) is 8.85. The molecule has 1 heterocycles. The van der Waals surface area contributed by atoms with Gasteiger partial charge in [0.1, 0.15) is 0 Å². The summed E-state index contributed by atoms with van der Waals surface area (Å²) in [6, 6.07) is 6.50. The van der Waals surface area contributed by atoms with E-state index in [1.54, 1.807) is 6.92 Å². The predicted octanol–water partition coefficient (Wildman–Crippen LogP) is 4.54. The van der Waals surface area contributed by atoms with Crippen LogP contribution in [-0.4, -0.2) is 30.9 Å². The van der Waals surface area contributed by atoms with Crippen molar-refractivity contribution in [1.29, 1.82) is 0 Å². The first-order valence-electron chi connectivity index (χ1n) is 10.2. The van der Waals surface area contributed by atoms with Gasteiger partial charge in [0, 0.05) is 18.6 Å². The molecule has 1 N–H and O–H groups in total. The molecule has 0 amide bonds. The standard InChI is InChI=1S/C23H34O4/c1-4-6-18-8-11-22(27-16-18)21-10-9-19(7-5-13-24)20(15-21)12-14-26-23(25)17(2)3/h9-10,15,18,22,24H,2,4-8,11-14,16H2,1,3H3. The first kappa shape index (κ1) is 21.6. The topological polar surface area (TPSA) is 55.8 Å². The molecular formula is C23H34O4. The van der Waals surface area contributed by atoms with Gasteiger partial charge in [-0.15, -0.1) is 0 Å². The van der Waals surface area contributed by atoms with Gasteiger partial charge in [0.15, 0.2) is 0 Å². The normalized spacial score (nSPS) is 19.7. The average Bonchev–Trinajstić information content (AvgIpc) is 2.67. The Morgan fingerprint density at radius 1 is 1.30 bits per heavy atom. The molecule has 1 aliphatic heterocycles. The molecule has 0 spiro atoms. The summed E-state index contributed by atoms with van der Waals surface area (Å²) in [5.41, 5.74) is 4.01. The molecule has 2 atom stereocenters. The summed E-state index contributed by atoms with van der Waals surface area (Å²) in [5.74, 6) is 0.344. The van der Waals surface area contributed by atoms with E-state index in [0.29, 0.717) is 24.5 Å². The van der Waals surface area contributed by atoms with Gasteiger partial charge in [0.2, 0.25) is 0 Å². The Hall–Kier alpha value is -1.65. The van der Waals surface area contributed by atoms with E-state index in [2.05, 4.69) is 31.7 Å². The number of hydrogen-bond acceptors (Lipinski definition) is 4. The lowest BCUT2D eigenvalue weighted by molar-refractivity contribution is -0.138.